The van der Waals surface area contributed by atoms with Crippen LogP contribution in [0.5, 0.6) is 0 Å². The van der Waals surface area contributed by atoms with Crippen molar-refractivity contribution in [2.24, 2.45) is 0 Å². The number of benzene rings is 3. The zero-order valence-electron chi connectivity index (χ0n) is 11.7. The molecule has 5 rings (SSSR count). The van der Waals surface area contributed by atoms with Crippen LogP contribution in [0.15, 0.2) is 67.0 Å². The van der Waals surface area contributed by atoms with Gasteiger partial charge < -0.3 is 0 Å². The maximum atomic E-state index is 4.82. The highest BCUT2D eigenvalue weighted by molar-refractivity contribution is 6.22. The Hall–Kier alpha value is -3.07. The van der Waals surface area contributed by atoms with Crippen molar-refractivity contribution in [1.29, 1.82) is 0 Å². The van der Waals surface area contributed by atoms with Crippen molar-refractivity contribution < 1.29 is 0 Å². The highest BCUT2D eigenvalue weighted by Gasteiger charge is 2.14. The first-order valence-electron chi connectivity index (χ1n) is 7.23. The van der Waals surface area contributed by atoms with Gasteiger partial charge in [-0.15, -0.1) is 0 Å². The van der Waals surface area contributed by atoms with Crippen LogP contribution in [0.4, 0.5) is 0 Å². The first-order chi connectivity index (χ1) is 10.9. The molecular formula is C19H11N3. The third kappa shape index (κ3) is 1.48. The molecule has 0 saturated carbocycles. The van der Waals surface area contributed by atoms with Crippen LogP contribution in [0.3, 0.4) is 0 Å². The third-order valence-corrected chi connectivity index (χ3v) is 4.14. The molecule has 0 unspecified atom stereocenters. The summed E-state index contributed by atoms with van der Waals surface area (Å²) < 4.78 is 0. The molecule has 0 fully saturated rings. The van der Waals surface area contributed by atoms with Gasteiger partial charge in [0.1, 0.15) is 6.33 Å². The molecule has 5 aromatic rings. The summed E-state index contributed by atoms with van der Waals surface area (Å²) in [5.41, 5.74) is 3.79. The van der Waals surface area contributed by atoms with Crippen LogP contribution in [0.2, 0.25) is 0 Å². The monoisotopic (exact) mass is 281 g/mol. The van der Waals surface area contributed by atoms with Gasteiger partial charge in [0, 0.05) is 16.3 Å². The number of hydrogen-bond acceptors (Lipinski definition) is 3. The second-order valence-corrected chi connectivity index (χ2v) is 5.39. The van der Waals surface area contributed by atoms with E-state index in [-0.39, 0.29) is 0 Å². The zero-order valence-corrected chi connectivity index (χ0v) is 11.7. The van der Waals surface area contributed by atoms with Crippen LogP contribution in [-0.2, 0) is 0 Å². The van der Waals surface area contributed by atoms with Crippen LogP contribution in [0.25, 0.3) is 44.0 Å². The summed E-state index contributed by atoms with van der Waals surface area (Å²) in [6.45, 7) is 0. The summed E-state index contributed by atoms with van der Waals surface area (Å²) in [5.74, 6) is 0. The fourth-order valence-corrected chi connectivity index (χ4v) is 3.18. The average Bonchev–Trinajstić information content (AvgIpc) is 2.60. The first kappa shape index (κ1) is 11.6. The van der Waals surface area contributed by atoms with Gasteiger partial charge >= 0.3 is 0 Å². The van der Waals surface area contributed by atoms with Gasteiger partial charge in [-0.05, 0) is 11.5 Å². The minimum Gasteiger partial charge on any atom is -0.236 e. The van der Waals surface area contributed by atoms with Gasteiger partial charge in [0.05, 0.1) is 16.6 Å². The maximum Gasteiger partial charge on any atom is 0.164 e. The summed E-state index contributed by atoms with van der Waals surface area (Å²) >= 11 is 0. The summed E-state index contributed by atoms with van der Waals surface area (Å²) in [7, 11) is 0. The van der Waals surface area contributed by atoms with E-state index in [0.717, 1.165) is 33.2 Å². The van der Waals surface area contributed by atoms with Crippen molar-refractivity contribution in [2.75, 3.05) is 0 Å². The molecule has 0 N–H and O–H groups in total. The largest absolute Gasteiger partial charge is 0.236 e. The highest BCUT2D eigenvalue weighted by atomic mass is 14.9. The van der Waals surface area contributed by atoms with E-state index in [0.29, 0.717) is 0 Å². The SMILES string of the molecule is c1ccc(-c2nc3ncnc4ccc5cccc2c5c43)cc1. The van der Waals surface area contributed by atoms with Gasteiger partial charge in [-0.3, -0.25) is 0 Å². The third-order valence-electron chi connectivity index (χ3n) is 4.14. The Bertz CT molecular complexity index is 1120. The molecule has 0 bridgehead atoms. The Morgan fingerprint density at radius 1 is 0.682 bits per heavy atom. The predicted octanol–water partition coefficient (Wildman–Crippen LogP) is 4.44. The van der Waals surface area contributed by atoms with Crippen LogP contribution in [0, 0.1) is 0 Å². The van der Waals surface area contributed by atoms with Crippen molar-refractivity contribution in [1.82, 2.24) is 15.0 Å². The fourth-order valence-electron chi connectivity index (χ4n) is 3.18. The lowest BCUT2D eigenvalue weighted by Crippen LogP contribution is -1.95. The summed E-state index contributed by atoms with van der Waals surface area (Å²) in [6.07, 6.45) is 1.59. The topological polar surface area (TPSA) is 38.7 Å². The van der Waals surface area contributed by atoms with E-state index in [4.69, 9.17) is 4.98 Å². The number of pyridine rings is 1. The summed E-state index contributed by atoms with van der Waals surface area (Å²) in [6, 6.07) is 20.8. The van der Waals surface area contributed by atoms with Crippen molar-refractivity contribution in [3.05, 3.63) is 67.0 Å². The molecule has 0 aliphatic rings. The normalized spacial score (nSPS) is 11.6. The Morgan fingerprint density at radius 2 is 1.59 bits per heavy atom. The molecule has 3 aromatic carbocycles. The Labute approximate surface area is 126 Å². The minimum absolute atomic E-state index is 0.758. The molecule has 0 atom stereocenters. The number of nitrogens with zero attached hydrogens (tertiary/aromatic N) is 3. The second-order valence-electron chi connectivity index (χ2n) is 5.39. The molecule has 3 nitrogen and oxygen atoms in total. The van der Waals surface area contributed by atoms with E-state index >= 15 is 0 Å². The second kappa shape index (κ2) is 4.21. The molecule has 2 aromatic heterocycles. The van der Waals surface area contributed by atoms with E-state index in [1.165, 1.54) is 10.8 Å². The van der Waals surface area contributed by atoms with E-state index in [1.54, 1.807) is 6.33 Å². The molecule has 0 spiro atoms. The van der Waals surface area contributed by atoms with E-state index in [2.05, 4.69) is 46.4 Å². The average molecular weight is 281 g/mol. The quantitative estimate of drug-likeness (QED) is 0.426. The number of aromatic nitrogens is 3. The van der Waals surface area contributed by atoms with Crippen molar-refractivity contribution in [2.45, 2.75) is 0 Å². The van der Waals surface area contributed by atoms with Crippen LogP contribution < -0.4 is 0 Å². The summed E-state index contributed by atoms with van der Waals surface area (Å²) in [5, 5.41) is 4.60. The molecule has 0 aliphatic carbocycles. The van der Waals surface area contributed by atoms with Crippen molar-refractivity contribution in [3.8, 4) is 11.3 Å². The molecular weight excluding hydrogens is 270 g/mol. The van der Waals surface area contributed by atoms with Gasteiger partial charge in [0.25, 0.3) is 0 Å². The smallest absolute Gasteiger partial charge is 0.164 e. The number of hydrogen-bond donors (Lipinski definition) is 0. The minimum atomic E-state index is 0.758. The van der Waals surface area contributed by atoms with E-state index < -0.39 is 0 Å². The van der Waals surface area contributed by atoms with Crippen molar-refractivity contribution in [3.63, 3.8) is 0 Å². The Morgan fingerprint density at radius 3 is 2.50 bits per heavy atom. The van der Waals surface area contributed by atoms with Crippen LogP contribution >= 0.6 is 0 Å². The molecule has 2 heterocycles. The summed E-state index contributed by atoms with van der Waals surface area (Å²) in [4.78, 5) is 13.6. The lowest BCUT2D eigenvalue weighted by molar-refractivity contribution is 1.22. The lowest BCUT2D eigenvalue weighted by atomic mass is 9.97. The first-order valence-corrected chi connectivity index (χ1v) is 7.23. The van der Waals surface area contributed by atoms with Gasteiger partial charge in [0.15, 0.2) is 5.65 Å². The molecule has 3 heteroatoms. The predicted molar refractivity (Wildman–Crippen MR) is 89.0 cm³/mol. The van der Waals surface area contributed by atoms with Gasteiger partial charge in [0.2, 0.25) is 0 Å². The standard InChI is InChI=1S/C19H11N3/c1-2-5-13(6-3-1)18-14-8-4-7-12-9-10-15-17(16(12)14)19(22-18)21-11-20-15/h1-11H. The van der Waals surface area contributed by atoms with Crippen molar-refractivity contribution >= 4 is 32.7 Å². The van der Waals surface area contributed by atoms with Gasteiger partial charge in [-0.1, -0.05) is 54.6 Å². The highest BCUT2D eigenvalue weighted by Crippen LogP contribution is 2.36. The molecule has 102 valence electrons. The van der Waals surface area contributed by atoms with E-state index in [9.17, 15) is 0 Å². The molecule has 0 saturated heterocycles. The van der Waals surface area contributed by atoms with E-state index in [1.807, 2.05) is 24.3 Å². The van der Waals surface area contributed by atoms with Gasteiger partial charge in [-0.2, -0.15) is 0 Å². The maximum absolute atomic E-state index is 4.82. The Kier molecular flexibility index (Phi) is 2.22. The molecule has 0 amide bonds. The van der Waals surface area contributed by atoms with Crippen LogP contribution in [-0.4, -0.2) is 15.0 Å². The van der Waals surface area contributed by atoms with Crippen LogP contribution in [0.1, 0.15) is 0 Å². The molecule has 0 aliphatic heterocycles. The molecule has 22 heavy (non-hydrogen) atoms. The fraction of sp³-hybridized carbons (Fsp3) is 0. The van der Waals surface area contributed by atoms with Gasteiger partial charge in [-0.25, -0.2) is 15.0 Å². The molecule has 0 radical (unpaired) electrons. The zero-order chi connectivity index (χ0) is 14.5. The number of rotatable bonds is 1. The Balaban J connectivity index is 2.07. The lowest BCUT2D eigenvalue weighted by Gasteiger charge is -2.12.